The van der Waals surface area contributed by atoms with Crippen LogP contribution in [-0.4, -0.2) is 49.5 Å². The Balaban J connectivity index is 2.53. The molecule has 3 nitrogen and oxygen atoms in total. The van der Waals surface area contributed by atoms with Gasteiger partial charge in [-0.2, -0.15) is 0 Å². The fraction of sp³-hybridized carbons (Fsp3) is 0.667. The maximum atomic E-state index is 9.44. The molecule has 0 aromatic heterocycles. The Morgan fingerprint density at radius 2 is 2.00 bits per heavy atom. The van der Waals surface area contributed by atoms with Gasteiger partial charge in [0.1, 0.15) is 0 Å². The quantitative estimate of drug-likeness (QED) is 0.639. The Morgan fingerprint density at radius 1 is 1.33 bits per heavy atom. The van der Waals surface area contributed by atoms with Crippen LogP contribution in [0.2, 0.25) is 0 Å². The van der Waals surface area contributed by atoms with Gasteiger partial charge in [0.2, 0.25) is 0 Å². The van der Waals surface area contributed by atoms with Crippen LogP contribution in [0.3, 0.4) is 0 Å². The van der Waals surface area contributed by atoms with Crippen molar-refractivity contribution in [1.82, 2.24) is 4.90 Å². The van der Waals surface area contributed by atoms with Gasteiger partial charge in [-0.25, -0.2) is 0 Å². The number of hydrogen-bond acceptors (Lipinski definition) is 3. The first-order valence-electron chi connectivity index (χ1n) is 5.39. The Kier molecular flexibility index (Phi) is 5.02. The van der Waals surface area contributed by atoms with E-state index in [0.29, 0.717) is 6.61 Å². The van der Waals surface area contributed by atoms with E-state index in [-0.39, 0.29) is 12.0 Å². The van der Waals surface area contributed by atoms with E-state index >= 15 is 0 Å². The third-order valence-electron chi connectivity index (χ3n) is 2.85. The van der Waals surface area contributed by atoms with Crippen molar-refractivity contribution in [2.45, 2.75) is 6.42 Å². The smallest absolute Gasteiger partial charge is 0.0557 e. The second-order valence-electron chi connectivity index (χ2n) is 4.23. The molecule has 0 saturated carbocycles. The van der Waals surface area contributed by atoms with E-state index < -0.39 is 0 Å². The summed E-state index contributed by atoms with van der Waals surface area (Å²) in [6, 6.07) is 0. The lowest BCUT2D eigenvalue weighted by molar-refractivity contribution is 0.0635. The molecule has 1 aliphatic rings. The van der Waals surface area contributed by atoms with Crippen LogP contribution in [0.4, 0.5) is 0 Å². The van der Waals surface area contributed by atoms with Crippen molar-refractivity contribution in [3.05, 3.63) is 25.3 Å². The summed E-state index contributed by atoms with van der Waals surface area (Å²) in [7, 11) is 0. The molecule has 1 atom stereocenters. The first kappa shape index (κ1) is 12.4. The Morgan fingerprint density at radius 3 is 2.40 bits per heavy atom. The third kappa shape index (κ3) is 3.45. The highest BCUT2D eigenvalue weighted by molar-refractivity contribution is 4.89. The van der Waals surface area contributed by atoms with Gasteiger partial charge in [0.15, 0.2) is 0 Å². The zero-order valence-corrected chi connectivity index (χ0v) is 9.32. The van der Waals surface area contributed by atoms with Gasteiger partial charge >= 0.3 is 0 Å². The summed E-state index contributed by atoms with van der Waals surface area (Å²) in [5.41, 5.74) is -0.0774. The number of hydrogen-bond donors (Lipinski definition) is 1. The minimum Gasteiger partial charge on any atom is -0.396 e. The average molecular weight is 211 g/mol. The summed E-state index contributed by atoms with van der Waals surface area (Å²) < 4.78 is 5.37. The van der Waals surface area contributed by atoms with Crippen LogP contribution in [0.25, 0.3) is 0 Å². The van der Waals surface area contributed by atoms with Crippen LogP contribution >= 0.6 is 0 Å². The molecule has 0 bridgehead atoms. The SMILES string of the molecule is C=CCN(CC=C)CC1(CO)CCOC1. The van der Waals surface area contributed by atoms with Gasteiger partial charge in [0.25, 0.3) is 0 Å². The van der Waals surface area contributed by atoms with Crippen LogP contribution in [0.1, 0.15) is 6.42 Å². The zero-order chi connectivity index (χ0) is 11.1. The topological polar surface area (TPSA) is 32.7 Å². The van der Waals surface area contributed by atoms with Crippen molar-refractivity contribution in [3.63, 3.8) is 0 Å². The minimum atomic E-state index is -0.0774. The highest BCUT2D eigenvalue weighted by Gasteiger charge is 2.35. The van der Waals surface area contributed by atoms with E-state index in [9.17, 15) is 5.11 Å². The van der Waals surface area contributed by atoms with Crippen molar-refractivity contribution in [2.75, 3.05) is 39.5 Å². The van der Waals surface area contributed by atoms with E-state index in [2.05, 4.69) is 18.1 Å². The van der Waals surface area contributed by atoms with E-state index in [1.54, 1.807) is 0 Å². The van der Waals surface area contributed by atoms with E-state index in [4.69, 9.17) is 4.74 Å². The van der Waals surface area contributed by atoms with Crippen molar-refractivity contribution in [3.8, 4) is 0 Å². The van der Waals surface area contributed by atoms with Crippen LogP contribution in [-0.2, 0) is 4.74 Å². The number of nitrogens with zero attached hydrogens (tertiary/aromatic N) is 1. The molecule has 0 aromatic carbocycles. The Hall–Kier alpha value is -0.640. The van der Waals surface area contributed by atoms with E-state index in [1.807, 2.05) is 12.2 Å². The van der Waals surface area contributed by atoms with Crippen LogP contribution in [0.5, 0.6) is 0 Å². The van der Waals surface area contributed by atoms with Crippen LogP contribution < -0.4 is 0 Å². The minimum absolute atomic E-state index is 0.0774. The molecule has 1 heterocycles. The average Bonchev–Trinajstić information content (AvgIpc) is 2.68. The largest absolute Gasteiger partial charge is 0.396 e. The molecular formula is C12H21NO2. The molecule has 1 aliphatic heterocycles. The number of rotatable bonds is 7. The fourth-order valence-corrected chi connectivity index (χ4v) is 1.99. The highest BCUT2D eigenvalue weighted by atomic mass is 16.5. The summed E-state index contributed by atoms with van der Waals surface area (Å²) in [6.07, 6.45) is 4.70. The summed E-state index contributed by atoms with van der Waals surface area (Å²) in [5, 5.41) is 9.44. The lowest BCUT2D eigenvalue weighted by Crippen LogP contribution is -2.41. The summed E-state index contributed by atoms with van der Waals surface area (Å²) in [4.78, 5) is 2.23. The summed E-state index contributed by atoms with van der Waals surface area (Å²) >= 11 is 0. The molecule has 1 rings (SSSR count). The normalized spacial score (nSPS) is 25.7. The molecule has 0 aliphatic carbocycles. The van der Waals surface area contributed by atoms with Crippen LogP contribution in [0.15, 0.2) is 25.3 Å². The van der Waals surface area contributed by atoms with Gasteiger partial charge in [-0.1, -0.05) is 12.2 Å². The Bertz CT molecular complexity index is 200. The molecule has 0 amide bonds. The molecule has 1 unspecified atom stereocenters. The first-order chi connectivity index (χ1) is 7.26. The maximum absolute atomic E-state index is 9.44. The molecule has 0 radical (unpaired) electrons. The standard InChI is InChI=1S/C12H21NO2/c1-3-6-13(7-4-2)9-12(10-14)5-8-15-11-12/h3-4,14H,1-2,5-11H2. The predicted molar refractivity (Wildman–Crippen MR) is 61.8 cm³/mol. The van der Waals surface area contributed by atoms with Crippen molar-refractivity contribution in [1.29, 1.82) is 0 Å². The molecule has 1 fully saturated rings. The first-order valence-corrected chi connectivity index (χ1v) is 5.39. The van der Waals surface area contributed by atoms with Gasteiger partial charge in [0.05, 0.1) is 13.2 Å². The Labute approximate surface area is 92.0 Å². The second-order valence-corrected chi connectivity index (χ2v) is 4.23. The monoisotopic (exact) mass is 211 g/mol. The number of aliphatic hydroxyl groups excluding tert-OH is 1. The highest BCUT2D eigenvalue weighted by Crippen LogP contribution is 2.28. The second kappa shape index (κ2) is 6.05. The van der Waals surface area contributed by atoms with Gasteiger partial charge < -0.3 is 9.84 Å². The van der Waals surface area contributed by atoms with Crippen molar-refractivity contribution >= 4 is 0 Å². The summed E-state index contributed by atoms with van der Waals surface area (Å²) in [5.74, 6) is 0. The van der Waals surface area contributed by atoms with Crippen molar-refractivity contribution in [2.24, 2.45) is 5.41 Å². The lowest BCUT2D eigenvalue weighted by atomic mass is 9.87. The summed E-state index contributed by atoms with van der Waals surface area (Å²) in [6.45, 7) is 11.6. The van der Waals surface area contributed by atoms with E-state index in [1.165, 1.54) is 0 Å². The third-order valence-corrected chi connectivity index (χ3v) is 2.85. The lowest BCUT2D eigenvalue weighted by Gasteiger charge is -2.31. The number of ether oxygens (including phenoxy) is 1. The predicted octanol–water partition coefficient (Wildman–Crippen LogP) is 1.06. The number of aliphatic hydroxyl groups is 1. The van der Waals surface area contributed by atoms with Crippen LogP contribution in [0, 0.1) is 5.41 Å². The maximum Gasteiger partial charge on any atom is 0.0557 e. The molecular weight excluding hydrogens is 190 g/mol. The van der Waals surface area contributed by atoms with E-state index in [0.717, 1.165) is 32.7 Å². The van der Waals surface area contributed by atoms with Gasteiger partial charge in [0, 0.05) is 31.7 Å². The molecule has 1 N–H and O–H groups in total. The molecule has 3 heteroatoms. The van der Waals surface area contributed by atoms with Gasteiger partial charge in [-0.3, -0.25) is 4.90 Å². The van der Waals surface area contributed by atoms with Crippen molar-refractivity contribution < 1.29 is 9.84 Å². The molecule has 0 aromatic rings. The molecule has 15 heavy (non-hydrogen) atoms. The van der Waals surface area contributed by atoms with Gasteiger partial charge in [-0.15, -0.1) is 13.2 Å². The fourth-order valence-electron chi connectivity index (χ4n) is 1.99. The molecule has 86 valence electrons. The van der Waals surface area contributed by atoms with Gasteiger partial charge in [-0.05, 0) is 6.42 Å². The molecule has 0 spiro atoms. The zero-order valence-electron chi connectivity index (χ0n) is 9.32. The molecule has 1 saturated heterocycles.